The largest absolute Gasteiger partial charge is 0.366 e. The molecule has 5 rings (SSSR count). The molecule has 0 radical (unpaired) electrons. The molecule has 0 unspecified atom stereocenters. The highest BCUT2D eigenvalue weighted by Gasteiger charge is 2.38. The van der Waals surface area contributed by atoms with Crippen LogP contribution >= 0.6 is 24.0 Å². The number of benzene rings is 1. The molecule has 1 amide bonds. The molecule has 1 aromatic heterocycles. The Morgan fingerprint density at radius 1 is 1.10 bits per heavy atom. The summed E-state index contributed by atoms with van der Waals surface area (Å²) in [5.74, 6) is 0.373. The van der Waals surface area contributed by atoms with Gasteiger partial charge in [-0.3, -0.25) is 19.1 Å². The zero-order valence-electron chi connectivity index (χ0n) is 23.7. The van der Waals surface area contributed by atoms with Crippen LogP contribution in [-0.4, -0.2) is 51.9 Å². The quantitative estimate of drug-likeness (QED) is 0.296. The minimum atomic E-state index is -0.308. The van der Waals surface area contributed by atoms with E-state index in [1.807, 2.05) is 17.0 Å². The van der Waals surface area contributed by atoms with Crippen LogP contribution in [0.3, 0.4) is 0 Å². The second-order valence-electron chi connectivity index (χ2n) is 10.9. The number of para-hydroxylation sites is 1. The van der Waals surface area contributed by atoms with Gasteiger partial charge in [0.25, 0.3) is 11.5 Å². The van der Waals surface area contributed by atoms with Crippen LogP contribution in [0, 0.1) is 24.1 Å². The van der Waals surface area contributed by atoms with E-state index in [0.717, 1.165) is 44.3 Å². The van der Waals surface area contributed by atoms with Crippen molar-refractivity contribution in [2.24, 2.45) is 0 Å². The summed E-state index contributed by atoms with van der Waals surface area (Å²) in [6.07, 6.45) is 8.79. The Hall–Kier alpha value is -3.16. The van der Waals surface area contributed by atoms with Crippen LogP contribution < -0.4 is 15.4 Å². The fourth-order valence-corrected chi connectivity index (χ4v) is 7.52. The number of hydrogen-bond donors (Lipinski definition) is 0. The Morgan fingerprint density at radius 3 is 2.44 bits per heavy atom. The number of thiocarbonyl (C=S) groups is 1. The van der Waals surface area contributed by atoms with E-state index < -0.39 is 0 Å². The summed E-state index contributed by atoms with van der Waals surface area (Å²) >= 11 is 6.98. The molecular formula is C31H36FN5O2S2. The van der Waals surface area contributed by atoms with E-state index >= 15 is 0 Å². The Bertz CT molecular complexity index is 1470. The summed E-state index contributed by atoms with van der Waals surface area (Å²) in [5, 5.41) is 9.99. The highest BCUT2D eigenvalue weighted by molar-refractivity contribution is 8.26. The molecule has 1 saturated carbocycles. The van der Waals surface area contributed by atoms with Crippen LogP contribution in [0.15, 0.2) is 34.0 Å². The van der Waals surface area contributed by atoms with Crippen LogP contribution in [0.4, 0.5) is 15.9 Å². The van der Waals surface area contributed by atoms with Gasteiger partial charge in [0.2, 0.25) is 0 Å². The Kier molecular flexibility index (Phi) is 9.15. The maximum Gasteiger partial charge on any atom is 0.270 e. The van der Waals surface area contributed by atoms with E-state index in [0.29, 0.717) is 58.8 Å². The normalized spacial score (nSPS) is 19.4. The molecule has 3 fully saturated rings. The van der Waals surface area contributed by atoms with Gasteiger partial charge in [-0.1, -0.05) is 68.7 Å². The molecule has 0 N–H and O–H groups in total. The van der Waals surface area contributed by atoms with Crippen molar-refractivity contribution < 1.29 is 9.18 Å². The smallest absolute Gasteiger partial charge is 0.270 e. The van der Waals surface area contributed by atoms with Crippen LogP contribution in [0.25, 0.3) is 6.08 Å². The monoisotopic (exact) mass is 593 g/mol. The standard InChI is InChI=1S/C31H36FN5O2S2/c1-3-4-14-36-28(35-17-15-34(16-18-35)26-13-9-8-12-25(26)32)23(21(2)24(20-33)29(36)38)19-27-30(39)37(31(40)41-27)22-10-6-5-7-11-22/h8-9,12-13,19,22H,3-7,10-11,14-18H2,1-2H3/b27-19-. The summed E-state index contributed by atoms with van der Waals surface area (Å²) < 4.78 is 16.8. The summed E-state index contributed by atoms with van der Waals surface area (Å²) in [7, 11) is 0. The lowest BCUT2D eigenvalue weighted by Gasteiger charge is -2.39. The number of hydrogen-bond acceptors (Lipinski definition) is 7. The van der Waals surface area contributed by atoms with Crippen molar-refractivity contribution in [3.63, 3.8) is 0 Å². The number of amides is 1. The van der Waals surface area contributed by atoms with Crippen molar-refractivity contribution in [1.82, 2.24) is 9.47 Å². The summed E-state index contributed by atoms with van der Waals surface area (Å²) in [5.41, 5.74) is 1.64. The Morgan fingerprint density at radius 2 is 1.78 bits per heavy atom. The van der Waals surface area contributed by atoms with Gasteiger partial charge in [0.05, 0.1) is 10.6 Å². The van der Waals surface area contributed by atoms with Crippen LogP contribution in [-0.2, 0) is 11.3 Å². The lowest BCUT2D eigenvalue weighted by molar-refractivity contribution is -0.124. The Balaban J connectivity index is 1.56. The van der Waals surface area contributed by atoms with Crippen molar-refractivity contribution in [2.75, 3.05) is 36.0 Å². The van der Waals surface area contributed by atoms with Gasteiger partial charge in [-0.15, -0.1) is 0 Å². The first-order chi connectivity index (χ1) is 19.8. The molecule has 0 atom stereocenters. The maximum absolute atomic E-state index is 14.5. The third-order valence-corrected chi connectivity index (χ3v) is 9.72. The number of carbonyl (C=O) groups excluding carboxylic acids is 1. The summed E-state index contributed by atoms with van der Waals surface area (Å²) in [4.78, 5) is 33.8. The third-order valence-electron chi connectivity index (χ3n) is 8.39. The predicted molar refractivity (Wildman–Crippen MR) is 168 cm³/mol. The lowest BCUT2D eigenvalue weighted by atomic mass is 9.94. The van der Waals surface area contributed by atoms with Gasteiger partial charge >= 0.3 is 0 Å². The second-order valence-corrected chi connectivity index (χ2v) is 12.6. The third kappa shape index (κ3) is 5.80. The molecule has 0 bridgehead atoms. The van der Waals surface area contributed by atoms with Crippen LogP contribution in [0.2, 0.25) is 0 Å². The van der Waals surface area contributed by atoms with Crippen molar-refractivity contribution in [1.29, 1.82) is 5.26 Å². The number of anilines is 2. The molecule has 3 aliphatic rings. The number of nitrogens with zero attached hydrogens (tertiary/aromatic N) is 5. The number of rotatable bonds is 7. The van der Waals surface area contributed by atoms with Gasteiger partial charge in [-0.05, 0) is 50.0 Å². The number of aromatic nitrogens is 1. The molecule has 2 aliphatic heterocycles. The molecule has 10 heteroatoms. The average Bonchev–Trinajstić information content (AvgIpc) is 3.27. The molecule has 3 heterocycles. The first kappa shape index (κ1) is 29.3. The maximum atomic E-state index is 14.5. The number of carbonyl (C=O) groups is 1. The van der Waals surface area contributed by atoms with E-state index in [2.05, 4.69) is 17.9 Å². The minimum absolute atomic E-state index is 0.0913. The Labute approximate surface area is 250 Å². The van der Waals surface area contributed by atoms with Gasteiger partial charge in [0.15, 0.2) is 0 Å². The SMILES string of the molecule is CCCCn1c(N2CCN(c3ccccc3F)CC2)c(/C=C2\SC(=S)N(C3CCCCC3)C2=O)c(C)c(C#N)c1=O. The predicted octanol–water partition coefficient (Wildman–Crippen LogP) is 5.83. The summed E-state index contributed by atoms with van der Waals surface area (Å²) in [6, 6.07) is 9.03. The fourth-order valence-electron chi connectivity index (χ4n) is 6.14. The molecule has 0 spiro atoms. The van der Waals surface area contributed by atoms with Crippen molar-refractivity contribution in [3.8, 4) is 6.07 Å². The zero-order valence-corrected chi connectivity index (χ0v) is 25.3. The van der Waals surface area contributed by atoms with E-state index in [4.69, 9.17) is 12.2 Å². The fraction of sp³-hybridized carbons (Fsp3) is 0.484. The number of thioether (sulfide) groups is 1. The first-order valence-electron chi connectivity index (χ1n) is 14.5. The van der Waals surface area contributed by atoms with E-state index in [1.54, 1.807) is 28.5 Å². The number of halogens is 1. The molecule has 1 aliphatic carbocycles. The van der Waals surface area contributed by atoms with Gasteiger partial charge in [0.1, 0.15) is 27.6 Å². The van der Waals surface area contributed by atoms with Crippen molar-refractivity contribution in [2.45, 2.75) is 71.4 Å². The number of piperazine rings is 1. The van der Waals surface area contributed by atoms with Gasteiger partial charge < -0.3 is 9.80 Å². The molecule has 2 aromatic rings. The van der Waals surface area contributed by atoms with Crippen LogP contribution in [0.1, 0.15) is 68.6 Å². The number of pyridine rings is 1. The molecular weight excluding hydrogens is 558 g/mol. The number of nitriles is 1. The van der Waals surface area contributed by atoms with Crippen molar-refractivity contribution >= 4 is 51.8 Å². The zero-order chi connectivity index (χ0) is 29.1. The number of unbranched alkanes of at least 4 members (excludes halogenated alkanes) is 1. The summed E-state index contributed by atoms with van der Waals surface area (Å²) in [6.45, 7) is 6.60. The van der Waals surface area contributed by atoms with E-state index in [-0.39, 0.29) is 28.9 Å². The van der Waals surface area contributed by atoms with Gasteiger partial charge in [0, 0.05) is 44.3 Å². The lowest BCUT2D eigenvalue weighted by Crippen LogP contribution is -2.49. The molecule has 41 heavy (non-hydrogen) atoms. The molecule has 7 nitrogen and oxygen atoms in total. The highest BCUT2D eigenvalue weighted by atomic mass is 32.2. The minimum Gasteiger partial charge on any atom is -0.366 e. The van der Waals surface area contributed by atoms with Crippen LogP contribution in [0.5, 0.6) is 0 Å². The topological polar surface area (TPSA) is 72.6 Å². The van der Waals surface area contributed by atoms with E-state index in [9.17, 15) is 19.2 Å². The van der Waals surface area contributed by atoms with Gasteiger partial charge in [-0.2, -0.15) is 5.26 Å². The van der Waals surface area contributed by atoms with Crippen molar-refractivity contribution in [3.05, 3.63) is 62.0 Å². The second kappa shape index (κ2) is 12.8. The van der Waals surface area contributed by atoms with E-state index in [1.165, 1.54) is 24.2 Å². The molecule has 1 aromatic carbocycles. The molecule has 216 valence electrons. The first-order valence-corrected chi connectivity index (χ1v) is 15.8. The molecule has 2 saturated heterocycles. The van der Waals surface area contributed by atoms with Gasteiger partial charge in [-0.25, -0.2) is 4.39 Å². The highest BCUT2D eigenvalue weighted by Crippen LogP contribution is 2.39. The average molecular weight is 594 g/mol.